The Morgan fingerprint density at radius 2 is 1.50 bits per heavy atom. The van der Waals surface area contributed by atoms with E-state index in [0.29, 0.717) is 0 Å². The second-order valence-corrected chi connectivity index (χ2v) is 5.84. The zero-order chi connectivity index (χ0) is 19.0. The highest BCUT2D eigenvalue weighted by atomic mass is 16.4. The molecule has 0 aliphatic carbocycles. The molecule has 0 bridgehead atoms. The number of carboxylic acids is 1. The Bertz CT molecular complexity index is 480. The lowest BCUT2D eigenvalue weighted by Gasteiger charge is -2.25. The number of aliphatic hydroxyl groups is 1. The average molecular weight is 346 g/mol. The normalized spacial score (nSPS) is 15.8. The third-order valence-corrected chi connectivity index (χ3v) is 3.25. The van der Waals surface area contributed by atoms with Gasteiger partial charge in [0.25, 0.3) is 0 Å². The van der Waals surface area contributed by atoms with Crippen molar-refractivity contribution in [3.05, 3.63) is 0 Å². The van der Waals surface area contributed by atoms with Crippen LogP contribution in [0.1, 0.15) is 27.7 Å². The van der Waals surface area contributed by atoms with E-state index < -0.39 is 54.5 Å². The van der Waals surface area contributed by atoms with E-state index in [1.54, 1.807) is 13.8 Å². The van der Waals surface area contributed by atoms with Crippen molar-refractivity contribution in [1.82, 2.24) is 16.0 Å². The molecule has 7 N–H and O–H groups in total. The molecule has 0 aromatic carbocycles. The topological polar surface area (TPSA) is 171 Å². The lowest BCUT2D eigenvalue weighted by molar-refractivity contribution is -0.138. The number of aliphatic hydroxyl groups excluding tert-OH is 1. The van der Waals surface area contributed by atoms with Gasteiger partial charge in [-0.05, 0) is 19.8 Å². The van der Waals surface area contributed by atoms with E-state index in [1.165, 1.54) is 13.8 Å². The van der Waals surface area contributed by atoms with Gasteiger partial charge >= 0.3 is 5.97 Å². The van der Waals surface area contributed by atoms with Crippen LogP contribution in [0.3, 0.4) is 0 Å². The molecule has 138 valence electrons. The molecule has 0 saturated carbocycles. The Balaban J connectivity index is 4.78. The minimum atomic E-state index is -1.29. The van der Waals surface area contributed by atoms with Gasteiger partial charge in [0.1, 0.15) is 18.6 Å². The lowest BCUT2D eigenvalue weighted by Crippen LogP contribution is -2.59. The van der Waals surface area contributed by atoms with E-state index >= 15 is 0 Å². The van der Waals surface area contributed by atoms with Gasteiger partial charge in [-0.3, -0.25) is 19.2 Å². The van der Waals surface area contributed by atoms with Crippen LogP contribution in [0.4, 0.5) is 0 Å². The highest BCUT2D eigenvalue weighted by Crippen LogP contribution is 2.01. The van der Waals surface area contributed by atoms with Crippen LogP contribution in [0.25, 0.3) is 0 Å². The molecular weight excluding hydrogens is 320 g/mol. The van der Waals surface area contributed by atoms with Crippen molar-refractivity contribution in [3.63, 3.8) is 0 Å². The van der Waals surface area contributed by atoms with Crippen molar-refractivity contribution in [1.29, 1.82) is 0 Å². The lowest BCUT2D eigenvalue weighted by atomic mass is 10.0. The van der Waals surface area contributed by atoms with Gasteiger partial charge in [-0.1, -0.05) is 13.8 Å². The fourth-order valence-electron chi connectivity index (χ4n) is 1.64. The highest BCUT2D eigenvalue weighted by Gasteiger charge is 2.30. The first kappa shape index (κ1) is 21.8. The van der Waals surface area contributed by atoms with Gasteiger partial charge in [0, 0.05) is 0 Å². The van der Waals surface area contributed by atoms with Crippen molar-refractivity contribution in [2.24, 2.45) is 11.7 Å². The van der Waals surface area contributed by atoms with Gasteiger partial charge in [-0.15, -0.1) is 0 Å². The first-order valence-electron chi connectivity index (χ1n) is 7.51. The molecule has 0 aliphatic rings. The van der Waals surface area contributed by atoms with Crippen LogP contribution < -0.4 is 21.7 Å². The van der Waals surface area contributed by atoms with E-state index in [9.17, 15) is 24.3 Å². The molecule has 24 heavy (non-hydrogen) atoms. The Hall–Kier alpha value is -2.20. The summed E-state index contributed by atoms with van der Waals surface area (Å²) in [6, 6.07) is -3.19. The maximum absolute atomic E-state index is 12.1. The summed E-state index contributed by atoms with van der Waals surface area (Å²) in [5.74, 6) is -3.48. The summed E-state index contributed by atoms with van der Waals surface area (Å²) in [6.07, 6.45) is -1.22. The van der Waals surface area contributed by atoms with Crippen molar-refractivity contribution < 1.29 is 29.4 Å². The van der Waals surface area contributed by atoms with Crippen LogP contribution in [0.15, 0.2) is 0 Å². The maximum atomic E-state index is 12.1. The molecule has 0 radical (unpaired) electrons. The van der Waals surface area contributed by atoms with E-state index in [1.807, 2.05) is 0 Å². The monoisotopic (exact) mass is 346 g/mol. The van der Waals surface area contributed by atoms with E-state index in [2.05, 4.69) is 16.0 Å². The van der Waals surface area contributed by atoms with Gasteiger partial charge < -0.3 is 31.9 Å². The molecule has 0 aliphatic heterocycles. The van der Waals surface area contributed by atoms with Crippen LogP contribution >= 0.6 is 0 Å². The number of hydrogen-bond donors (Lipinski definition) is 6. The zero-order valence-electron chi connectivity index (χ0n) is 14.2. The largest absolute Gasteiger partial charge is 0.480 e. The third kappa shape index (κ3) is 7.38. The number of nitrogens with one attached hydrogen (secondary N) is 3. The molecule has 0 fully saturated rings. The van der Waals surface area contributed by atoms with Crippen molar-refractivity contribution in [2.45, 2.75) is 51.9 Å². The summed E-state index contributed by atoms with van der Waals surface area (Å²) in [6.45, 7) is 5.53. The maximum Gasteiger partial charge on any atom is 0.322 e. The van der Waals surface area contributed by atoms with Gasteiger partial charge in [-0.2, -0.15) is 0 Å². The summed E-state index contributed by atoms with van der Waals surface area (Å²) in [5.41, 5.74) is 5.68. The molecule has 10 nitrogen and oxygen atoms in total. The van der Waals surface area contributed by atoms with Crippen molar-refractivity contribution in [2.75, 3.05) is 6.54 Å². The minimum absolute atomic E-state index is 0.163. The predicted octanol–water partition coefficient (Wildman–Crippen LogP) is -2.46. The number of nitrogens with two attached hydrogens (primary N) is 1. The number of carbonyl (C=O) groups is 4. The number of carboxylic acid groups (broad SMARTS) is 1. The Kier molecular flexibility index (Phi) is 8.93. The van der Waals surface area contributed by atoms with Gasteiger partial charge in [0.2, 0.25) is 17.7 Å². The van der Waals surface area contributed by atoms with Gasteiger partial charge in [0.05, 0.1) is 12.1 Å². The van der Waals surface area contributed by atoms with Crippen molar-refractivity contribution in [3.8, 4) is 0 Å². The van der Waals surface area contributed by atoms with Crippen LogP contribution in [0, 0.1) is 5.92 Å². The van der Waals surface area contributed by atoms with Crippen LogP contribution in [0.5, 0.6) is 0 Å². The fourth-order valence-corrected chi connectivity index (χ4v) is 1.64. The molecular formula is C14H26N4O6. The van der Waals surface area contributed by atoms with Crippen molar-refractivity contribution >= 4 is 23.7 Å². The van der Waals surface area contributed by atoms with Crippen LogP contribution in [0.2, 0.25) is 0 Å². The number of amides is 3. The zero-order valence-corrected chi connectivity index (χ0v) is 14.2. The molecule has 0 spiro atoms. The SMILES string of the molecule is CC(NC(=O)C(NC(=O)C(N)C(C)C)C(C)O)C(=O)NCC(=O)O. The Labute approximate surface area is 140 Å². The Morgan fingerprint density at radius 3 is 1.92 bits per heavy atom. The first-order valence-corrected chi connectivity index (χ1v) is 7.51. The van der Waals surface area contributed by atoms with Gasteiger partial charge in [0.15, 0.2) is 0 Å². The molecule has 0 aromatic heterocycles. The number of carbonyl (C=O) groups excluding carboxylic acids is 3. The summed E-state index contributed by atoms with van der Waals surface area (Å²) < 4.78 is 0. The Morgan fingerprint density at radius 1 is 0.958 bits per heavy atom. The summed E-state index contributed by atoms with van der Waals surface area (Å²) in [7, 11) is 0. The molecule has 0 aromatic rings. The van der Waals surface area contributed by atoms with E-state index in [-0.39, 0.29) is 5.92 Å². The standard InChI is InChI=1S/C14H26N4O6/c1-6(2)10(15)13(23)18-11(8(4)19)14(24)17-7(3)12(22)16-5-9(20)21/h6-8,10-11,19H,5,15H2,1-4H3,(H,16,22)(H,17,24)(H,18,23)(H,20,21). The van der Waals surface area contributed by atoms with E-state index in [4.69, 9.17) is 10.8 Å². The molecule has 10 heteroatoms. The molecule has 4 unspecified atom stereocenters. The predicted molar refractivity (Wildman–Crippen MR) is 84.7 cm³/mol. The fraction of sp³-hybridized carbons (Fsp3) is 0.714. The van der Waals surface area contributed by atoms with E-state index in [0.717, 1.165) is 0 Å². The molecule has 0 heterocycles. The summed E-state index contributed by atoms with van der Waals surface area (Å²) in [4.78, 5) is 46.1. The minimum Gasteiger partial charge on any atom is -0.480 e. The van der Waals surface area contributed by atoms with Gasteiger partial charge in [-0.25, -0.2) is 0 Å². The summed E-state index contributed by atoms with van der Waals surface area (Å²) >= 11 is 0. The molecule has 4 atom stereocenters. The number of hydrogen-bond acceptors (Lipinski definition) is 6. The first-order chi connectivity index (χ1) is 11.0. The molecule has 0 rings (SSSR count). The second-order valence-electron chi connectivity index (χ2n) is 5.84. The number of aliphatic carboxylic acids is 1. The summed E-state index contributed by atoms with van der Waals surface area (Å²) in [5, 5.41) is 24.9. The molecule has 0 saturated heterocycles. The average Bonchev–Trinajstić information content (AvgIpc) is 2.48. The molecule has 3 amide bonds. The number of rotatable bonds is 9. The highest BCUT2D eigenvalue weighted by molar-refractivity contribution is 5.93. The third-order valence-electron chi connectivity index (χ3n) is 3.25. The second kappa shape index (κ2) is 9.83. The smallest absolute Gasteiger partial charge is 0.322 e. The van der Waals surface area contributed by atoms with Crippen LogP contribution in [-0.4, -0.2) is 64.7 Å². The quantitative estimate of drug-likeness (QED) is 0.269. The van der Waals surface area contributed by atoms with Crippen LogP contribution in [-0.2, 0) is 19.2 Å².